The molecule has 0 aliphatic heterocycles. The van der Waals surface area contributed by atoms with Gasteiger partial charge in [0.15, 0.2) is 12.1 Å². The van der Waals surface area contributed by atoms with Gasteiger partial charge < -0.3 is 23.8 Å². The predicted octanol–water partition coefficient (Wildman–Crippen LogP) is 11.9. The molecule has 0 aliphatic rings. The molecule has 1 N–H and O–H groups in total. The highest BCUT2D eigenvalue weighted by Gasteiger charge is 2.31. The molecule has 8 nitrogen and oxygen atoms in total. The van der Waals surface area contributed by atoms with Crippen LogP contribution in [-0.4, -0.2) is 80.6 Å². The Balaban J connectivity index is 4.57. The van der Waals surface area contributed by atoms with Crippen molar-refractivity contribution in [1.29, 1.82) is 0 Å². The molecule has 0 bridgehead atoms. The van der Waals surface area contributed by atoms with E-state index in [0.717, 1.165) is 51.4 Å². The minimum Gasteiger partial charge on any atom is -0.477 e. The molecule has 0 heterocycles. The molecule has 0 aromatic heterocycles. The number of allylic oxidation sites excluding steroid dienone is 16. The lowest BCUT2D eigenvalue weighted by molar-refractivity contribution is -0.887. The van der Waals surface area contributed by atoms with Gasteiger partial charge in [0.25, 0.3) is 0 Å². The summed E-state index contributed by atoms with van der Waals surface area (Å²) in [6, 6.07) is -0.640. The van der Waals surface area contributed by atoms with Crippen molar-refractivity contribution in [2.24, 2.45) is 0 Å². The Hall–Kier alpha value is -3.75. The number of quaternary nitrogens is 1. The number of carboxylic acids is 1. The number of likely N-dealkylation sites (N-methyl/N-ethyl adjacent to an activating group) is 1. The smallest absolute Gasteiger partial charge is 0.362 e. The van der Waals surface area contributed by atoms with Crippen LogP contribution in [0.15, 0.2) is 97.2 Å². The number of carbonyl (C=O) groups excluding carboxylic acids is 2. The maximum Gasteiger partial charge on any atom is 0.362 e. The summed E-state index contributed by atoms with van der Waals surface area (Å²) < 4.78 is 17.1. The van der Waals surface area contributed by atoms with E-state index in [4.69, 9.17) is 14.2 Å². The molecule has 0 spiro atoms. The van der Waals surface area contributed by atoms with Crippen LogP contribution in [0, 0.1) is 0 Å². The number of nitrogens with zero attached hydrogens (tertiary/aromatic N) is 1. The normalized spacial score (nSPS) is 13.9. The maximum atomic E-state index is 12.7. The monoisotopic (exact) mass is 795 g/mol. The Kier molecular flexibility index (Phi) is 36.5. The fourth-order valence-electron chi connectivity index (χ4n) is 5.63. The number of rotatable bonds is 37. The third-order valence-corrected chi connectivity index (χ3v) is 8.98. The zero-order valence-corrected chi connectivity index (χ0v) is 36.5. The van der Waals surface area contributed by atoms with Crippen LogP contribution in [0.2, 0.25) is 0 Å². The van der Waals surface area contributed by atoms with Crippen molar-refractivity contribution in [1.82, 2.24) is 0 Å². The number of hydrogen-bond donors (Lipinski definition) is 1. The van der Waals surface area contributed by atoms with Gasteiger partial charge in [-0.15, -0.1) is 0 Å². The summed E-state index contributed by atoms with van der Waals surface area (Å²) in [6.45, 7) is 4.45. The van der Waals surface area contributed by atoms with Gasteiger partial charge in [0.05, 0.1) is 34.4 Å². The number of carbonyl (C=O) groups is 3. The molecule has 0 aromatic rings. The second-order valence-electron chi connectivity index (χ2n) is 15.2. The number of carboxylic acid groups (broad SMARTS) is 1. The van der Waals surface area contributed by atoms with Gasteiger partial charge >= 0.3 is 17.9 Å². The minimum absolute atomic E-state index is 0.00927. The molecular formula is C49H80NO7+. The van der Waals surface area contributed by atoms with Crippen molar-refractivity contribution >= 4 is 17.9 Å². The van der Waals surface area contributed by atoms with Crippen LogP contribution in [0.25, 0.3) is 0 Å². The van der Waals surface area contributed by atoms with E-state index in [1.54, 1.807) is 0 Å². The number of ether oxygens (including phenoxy) is 3. The van der Waals surface area contributed by atoms with Crippen LogP contribution in [-0.2, 0) is 28.6 Å². The average Bonchev–Trinajstić information content (AvgIpc) is 3.17. The topological polar surface area (TPSA) is 99.1 Å². The molecule has 0 aliphatic carbocycles. The van der Waals surface area contributed by atoms with Gasteiger partial charge in [0, 0.05) is 19.3 Å². The lowest BCUT2D eigenvalue weighted by atomic mass is 10.1. The van der Waals surface area contributed by atoms with E-state index in [1.807, 2.05) is 33.3 Å². The van der Waals surface area contributed by atoms with Crippen LogP contribution in [0.1, 0.15) is 142 Å². The van der Waals surface area contributed by atoms with Gasteiger partial charge in [0.1, 0.15) is 6.61 Å². The second-order valence-corrected chi connectivity index (χ2v) is 15.2. The van der Waals surface area contributed by atoms with Crippen molar-refractivity contribution in [3.63, 3.8) is 0 Å². The predicted molar refractivity (Wildman–Crippen MR) is 238 cm³/mol. The molecule has 0 rings (SSSR count). The summed E-state index contributed by atoms with van der Waals surface area (Å²) in [5, 5.41) is 9.61. The number of esters is 2. The number of unbranched alkanes of at least 4 members (excludes halogenated alkanes) is 7. The molecule has 2 unspecified atom stereocenters. The van der Waals surface area contributed by atoms with Crippen LogP contribution in [0.4, 0.5) is 0 Å². The largest absolute Gasteiger partial charge is 0.477 e. The minimum atomic E-state index is -0.897. The van der Waals surface area contributed by atoms with Crippen LogP contribution in [0.5, 0.6) is 0 Å². The summed E-state index contributed by atoms with van der Waals surface area (Å²) >= 11 is 0. The van der Waals surface area contributed by atoms with Gasteiger partial charge in [-0.2, -0.15) is 0 Å². The first-order valence-corrected chi connectivity index (χ1v) is 21.8. The molecule has 8 heteroatoms. The van der Waals surface area contributed by atoms with Crippen molar-refractivity contribution in [3.8, 4) is 0 Å². The summed E-state index contributed by atoms with van der Waals surface area (Å²) in [5.41, 5.74) is 0. The molecule has 0 saturated carbocycles. The number of aliphatic carboxylic acids is 1. The Labute approximate surface area is 347 Å². The highest BCUT2D eigenvalue weighted by Crippen LogP contribution is 2.11. The molecular weight excluding hydrogens is 715 g/mol. The molecule has 0 radical (unpaired) electrons. The van der Waals surface area contributed by atoms with Crippen LogP contribution < -0.4 is 0 Å². The van der Waals surface area contributed by atoms with E-state index in [2.05, 4.69) is 98.9 Å². The highest BCUT2D eigenvalue weighted by molar-refractivity contribution is 5.72. The van der Waals surface area contributed by atoms with E-state index in [-0.39, 0.29) is 43.1 Å². The lowest BCUT2D eigenvalue weighted by Crippen LogP contribution is -2.50. The Morgan fingerprint density at radius 1 is 0.544 bits per heavy atom. The van der Waals surface area contributed by atoms with Gasteiger partial charge in [-0.3, -0.25) is 9.59 Å². The fraction of sp³-hybridized carbons (Fsp3) is 0.612. The Morgan fingerprint density at radius 2 is 1.02 bits per heavy atom. The SMILES string of the molecule is CC/C=C/C/C=C/C/C=C/C/C=C/C/C=C/CCC(=O)OC(COCCC(C(=O)O)[N+](C)(C)C)COC(=O)CCC/C=C/C/C=C/C/C=C/CCCCCCCC. The number of hydrogen-bond acceptors (Lipinski definition) is 6. The van der Waals surface area contributed by atoms with Crippen molar-refractivity contribution in [3.05, 3.63) is 97.2 Å². The zero-order chi connectivity index (χ0) is 42.1. The van der Waals surface area contributed by atoms with Crippen molar-refractivity contribution < 1.29 is 38.2 Å². The Morgan fingerprint density at radius 3 is 1.53 bits per heavy atom. The maximum absolute atomic E-state index is 12.7. The summed E-state index contributed by atoms with van der Waals surface area (Å²) in [4.78, 5) is 36.9. The molecule has 0 fully saturated rings. The quantitative estimate of drug-likeness (QED) is 0.0289. The van der Waals surface area contributed by atoms with E-state index in [0.29, 0.717) is 19.3 Å². The standard InChI is InChI=1S/C49H79NO7/c1-6-8-10-12-14-16-18-20-22-24-26-27-29-31-33-35-37-39-47(51)56-44-45(43-55-42-41-46(49(53)54)50(3,4)5)57-48(52)40-38-36-34-32-30-28-25-23-21-19-17-15-13-11-9-7-2/h9,11,15,17,20-23,26-28,30-31,33-34,36,45-46H,6-8,10,12-14,16,18-19,24-25,29,32,35,37-44H2,1-5H3/p+1/b11-9+,17-15+,22-20+,23-21+,27-26+,30-28+,33-31+,36-34+. The zero-order valence-electron chi connectivity index (χ0n) is 36.5. The molecule has 2 atom stereocenters. The van der Waals surface area contributed by atoms with Gasteiger partial charge in [-0.1, -0.05) is 143 Å². The third kappa shape index (κ3) is 37.6. The molecule has 0 aromatic carbocycles. The first-order chi connectivity index (χ1) is 27.6. The van der Waals surface area contributed by atoms with E-state index in [1.165, 1.54) is 44.9 Å². The summed E-state index contributed by atoms with van der Waals surface area (Å²) in [6.07, 6.45) is 51.9. The van der Waals surface area contributed by atoms with Gasteiger partial charge in [-0.05, 0) is 77.0 Å². The van der Waals surface area contributed by atoms with Crippen molar-refractivity contribution in [2.45, 2.75) is 154 Å². The van der Waals surface area contributed by atoms with Crippen LogP contribution >= 0.6 is 0 Å². The Bertz CT molecular complexity index is 1250. The molecule has 322 valence electrons. The first-order valence-electron chi connectivity index (χ1n) is 21.8. The van der Waals surface area contributed by atoms with Gasteiger partial charge in [-0.25, -0.2) is 4.79 Å². The van der Waals surface area contributed by atoms with E-state index >= 15 is 0 Å². The highest BCUT2D eigenvalue weighted by atomic mass is 16.6. The lowest BCUT2D eigenvalue weighted by Gasteiger charge is -2.31. The molecule has 0 saturated heterocycles. The molecule has 0 amide bonds. The van der Waals surface area contributed by atoms with Crippen molar-refractivity contribution in [2.75, 3.05) is 41.0 Å². The summed E-state index contributed by atoms with van der Waals surface area (Å²) in [5.74, 6) is -1.66. The first kappa shape index (κ1) is 53.2. The third-order valence-electron chi connectivity index (χ3n) is 8.98. The second kappa shape index (κ2) is 39.1. The van der Waals surface area contributed by atoms with Crippen LogP contribution in [0.3, 0.4) is 0 Å². The fourth-order valence-corrected chi connectivity index (χ4v) is 5.63. The van der Waals surface area contributed by atoms with E-state index < -0.39 is 24.1 Å². The average molecular weight is 795 g/mol. The van der Waals surface area contributed by atoms with Gasteiger partial charge in [0.2, 0.25) is 0 Å². The summed E-state index contributed by atoms with van der Waals surface area (Å²) in [7, 11) is 5.47. The van der Waals surface area contributed by atoms with E-state index in [9.17, 15) is 19.5 Å². The molecule has 57 heavy (non-hydrogen) atoms.